The zero-order valence-electron chi connectivity index (χ0n) is 9.60. The van der Waals surface area contributed by atoms with Gasteiger partial charge in [0, 0.05) is 21.6 Å². The molecule has 1 amide bonds. The number of halogens is 2. The summed E-state index contributed by atoms with van der Waals surface area (Å²) < 4.78 is 0.806. The summed E-state index contributed by atoms with van der Waals surface area (Å²) in [6.07, 6.45) is 0. The molecule has 0 aliphatic heterocycles. The molecule has 88 valence electrons. The molecule has 0 fully saturated rings. The molecule has 0 atom stereocenters. The highest BCUT2D eigenvalue weighted by Crippen LogP contribution is 2.19. The Hall–Kier alpha value is -0.540. The molecule has 1 N–H and O–H groups in total. The van der Waals surface area contributed by atoms with Gasteiger partial charge < -0.3 is 5.32 Å². The van der Waals surface area contributed by atoms with Gasteiger partial charge in [0.25, 0.3) is 5.91 Å². The van der Waals surface area contributed by atoms with Gasteiger partial charge in [-0.1, -0.05) is 48.3 Å². The molecule has 1 aromatic carbocycles. The third-order valence-electron chi connectivity index (χ3n) is 1.90. The molecule has 0 aliphatic rings. The first kappa shape index (κ1) is 13.5. The number of hydrogen-bond acceptors (Lipinski definition) is 1. The van der Waals surface area contributed by atoms with E-state index in [2.05, 4.69) is 42.0 Å². The van der Waals surface area contributed by atoms with Gasteiger partial charge >= 0.3 is 0 Å². The number of hydrogen-bond donors (Lipinski definition) is 1. The molecule has 0 unspecified atom stereocenters. The summed E-state index contributed by atoms with van der Waals surface area (Å²) in [5, 5.41) is 3.43. The lowest BCUT2D eigenvalue weighted by Gasteiger charge is -2.18. The van der Waals surface area contributed by atoms with Crippen molar-refractivity contribution in [2.24, 2.45) is 5.41 Å². The van der Waals surface area contributed by atoms with Crippen molar-refractivity contribution in [3.05, 3.63) is 33.3 Å². The smallest absolute Gasteiger partial charge is 0.251 e. The van der Waals surface area contributed by atoms with Gasteiger partial charge in [0.05, 0.1) is 0 Å². The highest BCUT2D eigenvalue weighted by atomic mass is 79.9. The second-order valence-electron chi connectivity index (χ2n) is 4.90. The lowest BCUT2D eigenvalue weighted by atomic mass is 9.97. The average Bonchev–Trinajstić information content (AvgIpc) is 2.11. The van der Waals surface area contributed by atoms with E-state index < -0.39 is 0 Å². The van der Waals surface area contributed by atoms with Crippen LogP contribution in [0.1, 0.15) is 31.1 Å². The summed E-state index contributed by atoms with van der Waals surface area (Å²) in [5.41, 5.74) is 0.648. The van der Waals surface area contributed by atoms with Crippen LogP contribution in [0.25, 0.3) is 0 Å². The lowest BCUT2D eigenvalue weighted by Crippen LogP contribution is -2.32. The van der Waals surface area contributed by atoms with Crippen molar-refractivity contribution in [2.75, 3.05) is 6.54 Å². The molecule has 1 aromatic rings. The Balaban J connectivity index is 2.73. The Morgan fingerprint density at radius 2 is 2.00 bits per heavy atom. The maximum Gasteiger partial charge on any atom is 0.251 e. The molecule has 4 heteroatoms. The van der Waals surface area contributed by atoms with Crippen molar-refractivity contribution in [1.29, 1.82) is 0 Å². The van der Waals surface area contributed by atoms with Crippen molar-refractivity contribution in [3.63, 3.8) is 0 Å². The van der Waals surface area contributed by atoms with Crippen LogP contribution in [0.3, 0.4) is 0 Å². The Bertz CT molecular complexity index is 378. The fourth-order valence-electron chi connectivity index (χ4n) is 1.13. The van der Waals surface area contributed by atoms with Crippen LogP contribution in [0.2, 0.25) is 5.02 Å². The van der Waals surface area contributed by atoms with Gasteiger partial charge in [-0.3, -0.25) is 4.79 Å². The minimum atomic E-state index is -0.0990. The lowest BCUT2D eigenvalue weighted by molar-refractivity contribution is 0.0939. The van der Waals surface area contributed by atoms with Crippen LogP contribution in [0.5, 0.6) is 0 Å². The van der Waals surface area contributed by atoms with E-state index in [0.29, 0.717) is 17.1 Å². The first-order valence-corrected chi connectivity index (χ1v) is 6.19. The van der Waals surface area contributed by atoms with Crippen LogP contribution in [0.4, 0.5) is 0 Å². The Morgan fingerprint density at radius 1 is 1.38 bits per heavy atom. The fourth-order valence-corrected chi connectivity index (χ4v) is 1.99. The van der Waals surface area contributed by atoms with E-state index >= 15 is 0 Å². The monoisotopic (exact) mass is 303 g/mol. The van der Waals surface area contributed by atoms with Crippen LogP contribution in [0, 0.1) is 5.41 Å². The normalized spacial score (nSPS) is 11.3. The number of amides is 1. The van der Waals surface area contributed by atoms with E-state index in [-0.39, 0.29) is 11.3 Å². The van der Waals surface area contributed by atoms with Crippen molar-refractivity contribution >= 4 is 33.4 Å². The molecule has 0 saturated carbocycles. The van der Waals surface area contributed by atoms with Crippen LogP contribution in [-0.4, -0.2) is 12.5 Å². The molecule has 0 bridgehead atoms. The molecule has 0 aliphatic carbocycles. The molecular formula is C12H15BrClNO. The van der Waals surface area contributed by atoms with E-state index in [1.54, 1.807) is 18.2 Å². The van der Waals surface area contributed by atoms with Crippen molar-refractivity contribution in [2.45, 2.75) is 20.8 Å². The fraction of sp³-hybridized carbons (Fsp3) is 0.417. The van der Waals surface area contributed by atoms with Gasteiger partial charge in [0.15, 0.2) is 0 Å². The summed E-state index contributed by atoms with van der Waals surface area (Å²) >= 11 is 9.18. The number of rotatable bonds is 2. The first-order chi connectivity index (χ1) is 7.28. The van der Waals surface area contributed by atoms with Gasteiger partial charge in [-0.05, 0) is 23.6 Å². The van der Waals surface area contributed by atoms with E-state index in [0.717, 1.165) is 4.47 Å². The molecule has 1 rings (SSSR count). The third-order valence-corrected chi connectivity index (χ3v) is 2.58. The van der Waals surface area contributed by atoms with Crippen LogP contribution < -0.4 is 5.32 Å². The standard InChI is InChI=1S/C12H15BrClNO/c1-12(2,3)7-15-11(16)8-4-9(13)6-10(14)5-8/h4-6H,7H2,1-3H3,(H,15,16). The van der Waals surface area contributed by atoms with Crippen LogP contribution >= 0.6 is 27.5 Å². The molecule has 0 radical (unpaired) electrons. The van der Waals surface area contributed by atoms with Gasteiger partial charge in [0.1, 0.15) is 0 Å². The molecular weight excluding hydrogens is 289 g/mol. The zero-order chi connectivity index (χ0) is 12.3. The molecule has 2 nitrogen and oxygen atoms in total. The summed E-state index contributed by atoms with van der Waals surface area (Å²) in [6, 6.07) is 5.16. The molecule has 0 heterocycles. The predicted octanol–water partition coefficient (Wildman–Crippen LogP) is 3.88. The predicted molar refractivity (Wildman–Crippen MR) is 70.9 cm³/mol. The van der Waals surface area contributed by atoms with Gasteiger partial charge in [0.2, 0.25) is 0 Å². The highest BCUT2D eigenvalue weighted by molar-refractivity contribution is 9.10. The van der Waals surface area contributed by atoms with Crippen LogP contribution in [0.15, 0.2) is 22.7 Å². The molecule has 0 saturated heterocycles. The largest absolute Gasteiger partial charge is 0.352 e. The number of carbonyl (C=O) groups is 1. The van der Waals surface area contributed by atoms with Crippen molar-refractivity contribution < 1.29 is 4.79 Å². The van der Waals surface area contributed by atoms with Crippen molar-refractivity contribution in [3.8, 4) is 0 Å². The van der Waals surface area contributed by atoms with Gasteiger partial charge in [-0.25, -0.2) is 0 Å². The average molecular weight is 305 g/mol. The van der Waals surface area contributed by atoms with E-state index in [4.69, 9.17) is 11.6 Å². The summed E-state index contributed by atoms with van der Waals surface area (Å²) in [6.45, 7) is 6.85. The topological polar surface area (TPSA) is 29.1 Å². The number of benzene rings is 1. The van der Waals surface area contributed by atoms with Crippen LogP contribution in [-0.2, 0) is 0 Å². The molecule has 0 aromatic heterocycles. The number of nitrogens with one attached hydrogen (secondary N) is 1. The second-order valence-corrected chi connectivity index (χ2v) is 6.25. The van der Waals surface area contributed by atoms with E-state index in [1.165, 1.54) is 0 Å². The Labute approximate surface area is 110 Å². The first-order valence-electron chi connectivity index (χ1n) is 5.02. The highest BCUT2D eigenvalue weighted by Gasteiger charge is 2.13. The summed E-state index contributed by atoms with van der Waals surface area (Å²) in [7, 11) is 0. The zero-order valence-corrected chi connectivity index (χ0v) is 11.9. The molecule has 16 heavy (non-hydrogen) atoms. The Kier molecular flexibility index (Phi) is 4.39. The number of carbonyl (C=O) groups excluding carboxylic acids is 1. The van der Waals surface area contributed by atoms with Gasteiger partial charge in [-0.2, -0.15) is 0 Å². The quantitative estimate of drug-likeness (QED) is 0.882. The maximum atomic E-state index is 11.8. The molecule has 0 spiro atoms. The van der Waals surface area contributed by atoms with Crippen molar-refractivity contribution in [1.82, 2.24) is 5.32 Å². The second kappa shape index (κ2) is 5.19. The van der Waals surface area contributed by atoms with Gasteiger partial charge in [-0.15, -0.1) is 0 Å². The minimum absolute atomic E-state index is 0.0749. The summed E-state index contributed by atoms with van der Waals surface area (Å²) in [5.74, 6) is -0.0990. The summed E-state index contributed by atoms with van der Waals surface area (Å²) in [4.78, 5) is 11.8. The van der Waals surface area contributed by atoms with E-state index in [1.807, 2.05) is 0 Å². The maximum absolute atomic E-state index is 11.8. The SMILES string of the molecule is CC(C)(C)CNC(=O)c1cc(Cl)cc(Br)c1. The minimum Gasteiger partial charge on any atom is -0.352 e. The van der Waals surface area contributed by atoms with E-state index in [9.17, 15) is 4.79 Å². The third kappa shape index (κ3) is 4.54. The Morgan fingerprint density at radius 3 is 2.50 bits per heavy atom.